The third kappa shape index (κ3) is 7.72. The third-order valence-corrected chi connectivity index (χ3v) is 6.74. The van der Waals surface area contributed by atoms with E-state index in [1.807, 2.05) is 66.7 Å². The highest BCUT2D eigenvalue weighted by molar-refractivity contribution is 6.01. The summed E-state index contributed by atoms with van der Waals surface area (Å²) in [5, 5.41) is 18.4. The van der Waals surface area contributed by atoms with Crippen LogP contribution in [0.3, 0.4) is 0 Å². The van der Waals surface area contributed by atoms with E-state index in [1.54, 1.807) is 45.9 Å². The minimum Gasteiger partial charge on any atom is -0.507 e. The van der Waals surface area contributed by atoms with Crippen LogP contribution in [0.25, 0.3) is 10.8 Å². The van der Waals surface area contributed by atoms with Crippen LogP contribution in [0.5, 0.6) is 5.75 Å². The number of amides is 3. The van der Waals surface area contributed by atoms with Crippen molar-refractivity contribution in [3.63, 3.8) is 0 Å². The molecule has 0 bridgehead atoms. The maximum absolute atomic E-state index is 14.2. The van der Waals surface area contributed by atoms with Crippen LogP contribution >= 0.6 is 0 Å². The number of anilines is 1. The molecule has 8 heteroatoms. The fourth-order valence-electron chi connectivity index (χ4n) is 4.71. The number of rotatable bonds is 8. The maximum Gasteiger partial charge on any atom is 0.408 e. The molecule has 0 spiro atoms. The number of hydrogen-bond donors (Lipinski definition) is 3. The normalized spacial score (nSPS) is 12.4. The molecule has 0 heterocycles. The minimum atomic E-state index is -1.43. The highest BCUT2D eigenvalue weighted by atomic mass is 16.6. The number of hydrogen-bond acceptors (Lipinski definition) is 5. The predicted molar refractivity (Wildman–Crippen MR) is 167 cm³/mol. The second-order valence-electron chi connectivity index (χ2n) is 11.2. The van der Waals surface area contributed by atoms with Gasteiger partial charge in [0.2, 0.25) is 0 Å². The lowest BCUT2D eigenvalue weighted by Crippen LogP contribution is -2.51. The Balaban J connectivity index is 1.73. The number of nitrogens with one attached hydrogen (secondary N) is 2. The molecule has 0 saturated carbocycles. The van der Waals surface area contributed by atoms with Crippen LogP contribution in [0.1, 0.15) is 43.5 Å². The number of terminal acetylenes is 1. The van der Waals surface area contributed by atoms with Gasteiger partial charge in [0.05, 0.1) is 0 Å². The molecule has 4 aromatic rings. The van der Waals surface area contributed by atoms with Crippen LogP contribution in [0.15, 0.2) is 91.0 Å². The summed E-state index contributed by atoms with van der Waals surface area (Å²) in [6, 6.07) is 26.8. The van der Waals surface area contributed by atoms with Gasteiger partial charge in [0.15, 0.2) is 6.04 Å². The standard InChI is InChI=1S/C35H35N3O5/c1-6-38(33(41)29(21-24-14-8-7-9-15-24)37-34(42)43-35(3,4)5)30(28-18-12-13-23(2)31(28)39)32(40)36-27-20-19-25-16-10-11-17-26(25)22-27/h1,7-20,22,29-30,39H,21H2,2-5H3,(H,36,40)(H,37,42). The van der Waals surface area contributed by atoms with Crippen LogP contribution < -0.4 is 10.6 Å². The Morgan fingerprint density at radius 3 is 2.28 bits per heavy atom. The average Bonchev–Trinajstić information content (AvgIpc) is 2.96. The first-order valence-corrected chi connectivity index (χ1v) is 13.9. The van der Waals surface area contributed by atoms with Gasteiger partial charge in [-0.1, -0.05) is 85.3 Å². The number of fused-ring (bicyclic) bond motifs is 1. The van der Waals surface area contributed by atoms with Gasteiger partial charge in [0.1, 0.15) is 17.4 Å². The van der Waals surface area contributed by atoms with Gasteiger partial charge < -0.3 is 20.5 Å². The number of carbonyl (C=O) groups is 3. The Morgan fingerprint density at radius 1 is 0.930 bits per heavy atom. The lowest BCUT2D eigenvalue weighted by molar-refractivity contribution is -0.136. The molecular weight excluding hydrogens is 542 g/mol. The SMILES string of the molecule is C#CN(C(=O)C(Cc1ccccc1)NC(=O)OC(C)(C)C)C(C(=O)Nc1ccc2ccccc2c1)c1cccc(C)c1O. The maximum atomic E-state index is 14.2. The molecule has 4 aromatic carbocycles. The van der Waals surface area contributed by atoms with Gasteiger partial charge in [-0.25, -0.2) is 4.79 Å². The summed E-state index contributed by atoms with van der Waals surface area (Å²) in [5.41, 5.74) is 1.06. The Bertz CT molecular complexity index is 1670. The number of nitrogens with zero attached hydrogens (tertiary/aromatic N) is 1. The summed E-state index contributed by atoms with van der Waals surface area (Å²) in [4.78, 5) is 41.9. The third-order valence-electron chi connectivity index (χ3n) is 6.74. The van der Waals surface area contributed by atoms with Gasteiger partial charge in [-0.05, 0) is 61.7 Å². The molecule has 3 N–H and O–H groups in total. The van der Waals surface area contributed by atoms with Crippen LogP contribution in [-0.4, -0.2) is 39.6 Å². The van der Waals surface area contributed by atoms with Gasteiger partial charge in [-0.15, -0.1) is 0 Å². The van der Waals surface area contributed by atoms with E-state index in [0.29, 0.717) is 11.3 Å². The molecule has 0 saturated heterocycles. The first-order chi connectivity index (χ1) is 20.5. The van der Waals surface area contributed by atoms with Crippen molar-refractivity contribution in [2.45, 2.75) is 51.8 Å². The summed E-state index contributed by atoms with van der Waals surface area (Å²) in [6.07, 6.45) is 5.19. The highest BCUT2D eigenvalue weighted by Crippen LogP contribution is 2.33. The van der Waals surface area contributed by atoms with Crippen molar-refractivity contribution in [1.29, 1.82) is 0 Å². The smallest absolute Gasteiger partial charge is 0.408 e. The molecule has 43 heavy (non-hydrogen) atoms. The Hall–Kier alpha value is -5.29. The van der Waals surface area contributed by atoms with Gasteiger partial charge in [0, 0.05) is 23.7 Å². The average molecular weight is 578 g/mol. The second kappa shape index (κ2) is 13.1. The van der Waals surface area contributed by atoms with E-state index >= 15 is 0 Å². The molecule has 4 rings (SSSR count). The van der Waals surface area contributed by atoms with Gasteiger partial charge in [-0.3, -0.25) is 14.5 Å². The number of phenols is 1. The number of carbonyl (C=O) groups excluding carboxylic acids is 3. The number of ether oxygens (including phenoxy) is 1. The van der Waals surface area contributed by atoms with E-state index in [0.717, 1.165) is 21.2 Å². The Morgan fingerprint density at radius 2 is 1.60 bits per heavy atom. The summed E-state index contributed by atoms with van der Waals surface area (Å²) in [7, 11) is 0. The molecule has 0 radical (unpaired) electrons. The van der Waals surface area contributed by atoms with Gasteiger partial charge >= 0.3 is 6.09 Å². The lowest BCUT2D eigenvalue weighted by atomic mass is 9.98. The van der Waals surface area contributed by atoms with E-state index in [9.17, 15) is 19.5 Å². The van der Waals surface area contributed by atoms with Crippen LogP contribution in [0, 0.1) is 19.4 Å². The monoisotopic (exact) mass is 577 g/mol. The number of aryl methyl sites for hydroxylation is 1. The quantitative estimate of drug-likeness (QED) is 0.174. The van der Waals surface area contributed by atoms with Crippen molar-refractivity contribution in [3.05, 3.63) is 108 Å². The van der Waals surface area contributed by atoms with Crippen molar-refractivity contribution in [2.75, 3.05) is 5.32 Å². The second-order valence-corrected chi connectivity index (χ2v) is 11.2. The topological polar surface area (TPSA) is 108 Å². The van der Waals surface area contributed by atoms with E-state index in [2.05, 4.69) is 16.7 Å². The molecule has 0 aliphatic heterocycles. The Kier molecular flexibility index (Phi) is 9.36. The first kappa shape index (κ1) is 30.7. The van der Waals surface area contributed by atoms with Crippen molar-refractivity contribution in [1.82, 2.24) is 10.2 Å². The molecule has 220 valence electrons. The van der Waals surface area contributed by atoms with E-state index in [4.69, 9.17) is 11.2 Å². The van der Waals surface area contributed by atoms with Crippen molar-refractivity contribution in [2.24, 2.45) is 0 Å². The minimum absolute atomic E-state index is 0.0793. The number of benzene rings is 4. The zero-order valence-corrected chi connectivity index (χ0v) is 24.6. The van der Waals surface area contributed by atoms with Crippen LogP contribution in [0.4, 0.5) is 10.5 Å². The molecule has 0 aliphatic carbocycles. The molecule has 2 atom stereocenters. The van der Waals surface area contributed by atoms with E-state index in [-0.39, 0.29) is 17.7 Å². The predicted octanol–water partition coefficient (Wildman–Crippen LogP) is 6.09. The fourth-order valence-corrected chi connectivity index (χ4v) is 4.71. The zero-order valence-electron chi connectivity index (χ0n) is 24.6. The summed E-state index contributed by atoms with van der Waals surface area (Å²) in [6.45, 7) is 6.81. The molecular formula is C35H35N3O5. The molecule has 3 amide bonds. The van der Waals surface area contributed by atoms with E-state index in [1.165, 1.54) is 6.07 Å². The lowest BCUT2D eigenvalue weighted by Gasteiger charge is -2.31. The number of para-hydroxylation sites is 1. The molecule has 0 fully saturated rings. The number of alkyl carbamates (subject to hydrolysis) is 1. The number of phenolic OH excluding ortho intramolecular Hbond substituents is 1. The van der Waals surface area contributed by atoms with Crippen LogP contribution in [0.2, 0.25) is 0 Å². The number of aromatic hydroxyl groups is 1. The molecule has 0 aromatic heterocycles. The van der Waals surface area contributed by atoms with Gasteiger partial charge in [0.25, 0.3) is 11.8 Å². The van der Waals surface area contributed by atoms with Crippen LogP contribution in [-0.2, 0) is 20.7 Å². The van der Waals surface area contributed by atoms with E-state index < -0.39 is 35.6 Å². The first-order valence-electron chi connectivity index (χ1n) is 13.9. The van der Waals surface area contributed by atoms with Crippen molar-refractivity contribution in [3.8, 4) is 18.2 Å². The van der Waals surface area contributed by atoms with Gasteiger partial charge in [-0.2, -0.15) is 0 Å². The molecule has 0 aliphatic rings. The zero-order chi connectivity index (χ0) is 31.1. The largest absolute Gasteiger partial charge is 0.507 e. The highest BCUT2D eigenvalue weighted by Gasteiger charge is 2.37. The summed E-state index contributed by atoms with van der Waals surface area (Å²) >= 11 is 0. The van der Waals surface area contributed by atoms with Crippen molar-refractivity contribution < 1.29 is 24.2 Å². The summed E-state index contributed by atoms with van der Waals surface area (Å²) < 4.78 is 5.42. The molecule has 2 unspecified atom stereocenters. The Labute approximate surface area is 251 Å². The summed E-state index contributed by atoms with van der Waals surface area (Å²) in [5.74, 6) is -1.54. The van der Waals surface area contributed by atoms with Crippen molar-refractivity contribution >= 4 is 34.4 Å². The fraction of sp³-hybridized carbons (Fsp3) is 0.229. The molecule has 8 nitrogen and oxygen atoms in total.